The summed E-state index contributed by atoms with van der Waals surface area (Å²) in [5, 5.41) is 0. The molecule has 0 unspecified atom stereocenters. The molecule has 1 rings (SSSR count). The molecule has 0 aromatic heterocycles. The molecule has 0 aliphatic heterocycles. The third-order valence-electron chi connectivity index (χ3n) is 2.27. The molecule has 4 nitrogen and oxygen atoms in total. The molecule has 0 fully saturated rings. The van der Waals surface area contributed by atoms with E-state index in [-0.39, 0.29) is 12.1 Å². The Labute approximate surface area is 109 Å². The van der Waals surface area contributed by atoms with Crippen molar-refractivity contribution in [3.05, 3.63) is 35.4 Å². The highest BCUT2D eigenvalue weighted by Gasteiger charge is 2.03. The molecule has 1 aromatic carbocycles. The van der Waals surface area contributed by atoms with Crippen molar-refractivity contribution in [2.24, 2.45) is 21.5 Å². The molecule has 1 aromatic rings. The molecule has 0 bridgehead atoms. The lowest BCUT2D eigenvalue weighted by Crippen LogP contribution is -2.18. The van der Waals surface area contributed by atoms with Gasteiger partial charge in [-0.05, 0) is 27.7 Å². The summed E-state index contributed by atoms with van der Waals surface area (Å²) in [5.41, 5.74) is 13.6. The first-order chi connectivity index (χ1) is 8.40. The van der Waals surface area contributed by atoms with Crippen molar-refractivity contribution in [2.75, 3.05) is 0 Å². The van der Waals surface area contributed by atoms with Gasteiger partial charge in [-0.3, -0.25) is 9.98 Å². The second-order valence-electron chi connectivity index (χ2n) is 4.79. The molecule has 0 atom stereocenters. The second-order valence-corrected chi connectivity index (χ2v) is 4.79. The van der Waals surface area contributed by atoms with Gasteiger partial charge in [-0.1, -0.05) is 24.3 Å². The smallest absolute Gasteiger partial charge is 0.125 e. The largest absolute Gasteiger partial charge is 0.383 e. The fourth-order valence-corrected chi connectivity index (χ4v) is 1.52. The zero-order valence-corrected chi connectivity index (χ0v) is 11.5. The van der Waals surface area contributed by atoms with E-state index < -0.39 is 0 Å². The number of hydrogen-bond donors (Lipinski definition) is 2. The number of nitrogens with two attached hydrogens (primary N) is 2. The van der Waals surface area contributed by atoms with Gasteiger partial charge in [0.25, 0.3) is 0 Å². The third kappa shape index (κ3) is 4.20. The molecule has 0 radical (unpaired) electrons. The lowest BCUT2D eigenvalue weighted by atomic mass is 10.1. The van der Waals surface area contributed by atoms with Crippen molar-refractivity contribution in [1.29, 1.82) is 0 Å². The van der Waals surface area contributed by atoms with Crippen LogP contribution in [0.3, 0.4) is 0 Å². The van der Waals surface area contributed by atoms with Gasteiger partial charge in [0.05, 0.1) is 0 Å². The van der Waals surface area contributed by atoms with Crippen LogP contribution in [0.5, 0.6) is 0 Å². The number of rotatable bonds is 4. The van der Waals surface area contributed by atoms with Crippen LogP contribution in [0, 0.1) is 0 Å². The molecule has 0 aliphatic carbocycles. The summed E-state index contributed by atoms with van der Waals surface area (Å²) in [6, 6.07) is 8.05. The van der Waals surface area contributed by atoms with E-state index in [9.17, 15) is 0 Å². The van der Waals surface area contributed by atoms with E-state index in [2.05, 4.69) is 9.98 Å². The zero-order valence-electron chi connectivity index (χ0n) is 11.5. The van der Waals surface area contributed by atoms with Crippen LogP contribution in [0.1, 0.15) is 38.8 Å². The van der Waals surface area contributed by atoms with Gasteiger partial charge in [-0.2, -0.15) is 0 Å². The van der Waals surface area contributed by atoms with E-state index in [0.717, 1.165) is 11.1 Å². The van der Waals surface area contributed by atoms with Crippen LogP contribution in [-0.4, -0.2) is 23.8 Å². The Morgan fingerprint density at radius 1 is 0.778 bits per heavy atom. The van der Waals surface area contributed by atoms with Crippen molar-refractivity contribution < 1.29 is 0 Å². The fraction of sp³-hybridized carbons (Fsp3) is 0.429. The average molecular weight is 246 g/mol. The van der Waals surface area contributed by atoms with Gasteiger partial charge in [0.15, 0.2) is 0 Å². The Morgan fingerprint density at radius 2 is 1.06 bits per heavy atom. The van der Waals surface area contributed by atoms with Gasteiger partial charge < -0.3 is 11.5 Å². The van der Waals surface area contributed by atoms with Crippen LogP contribution in [0.25, 0.3) is 0 Å². The molecule has 4 N–H and O–H groups in total. The third-order valence-corrected chi connectivity index (χ3v) is 2.27. The van der Waals surface area contributed by atoms with Gasteiger partial charge >= 0.3 is 0 Å². The minimum Gasteiger partial charge on any atom is -0.383 e. The molecule has 0 spiro atoms. The van der Waals surface area contributed by atoms with E-state index in [4.69, 9.17) is 11.5 Å². The lowest BCUT2D eigenvalue weighted by molar-refractivity contribution is 0.833. The first-order valence-electron chi connectivity index (χ1n) is 6.17. The van der Waals surface area contributed by atoms with Gasteiger partial charge in [0, 0.05) is 23.2 Å². The SMILES string of the molecule is CC(C)N=C(N)c1ccc(C(N)=NC(C)C)cc1. The normalized spacial score (nSPS) is 13.4. The summed E-state index contributed by atoms with van der Waals surface area (Å²) in [4.78, 5) is 8.61. The maximum Gasteiger partial charge on any atom is 0.125 e. The van der Waals surface area contributed by atoms with E-state index in [1.165, 1.54) is 0 Å². The molecular weight excluding hydrogens is 224 g/mol. The van der Waals surface area contributed by atoms with Crippen LogP contribution in [0.2, 0.25) is 0 Å². The van der Waals surface area contributed by atoms with Crippen molar-refractivity contribution in [3.63, 3.8) is 0 Å². The number of hydrogen-bond acceptors (Lipinski definition) is 2. The Hall–Kier alpha value is -1.84. The molecule has 0 amide bonds. The van der Waals surface area contributed by atoms with Crippen molar-refractivity contribution >= 4 is 11.7 Å². The average Bonchev–Trinajstić information content (AvgIpc) is 2.27. The van der Waals surface area contributed by atoms with Crippen molar-refractivity contribution in [2.45, 2.75) is 39.8 Å². The standard InChI is InChI=1S/C14H22N4/c1-9(2)17-13(15)11-5-7-12(8-6-11)14(16)18-10(3)4/h5-10H,1-4H3,(H2,15,17)(H2,16,18). The van der Waals surface area contributed by atoms with Crippen LogP contribution in [-0.2, 0) is 0 Å². The Balaban J connectivity index is 2.93. The van der Waals surface area contributed by atoms with Crippen LogP contribution in [0.4, 0.5) is 0 Å². The first kappa shape index (κ1) is 14.2. The van der Waals surface area contributed by atoms with E-state index >= 15 is 0 Å². The van der Waals surface area contributed by atoms with Crippen molar-refractivity contribution in [3.8, 4) is 0 Å². The summed E-state index contributed by atoms with van der Waals surface area (Å²) in [6.45, 7) is 7.98. The first-order valence-corrected chi connectivity index (χ1v) is 6.17. The van der Waals surface area contributed by atoms with E-state index in [0.29, 0.717) is 11.7 Å². The van der Waals surface area contributed by atoms with Gasteiger partial charge in [-0.15, -0.1) is 0 Å². The maximum absolute atomic E-state index is 5.89. The number of amidine groups is 2. The monoisotopic (exact) mass is 246 g/mol. The summed E-state index contributed by atoms with van der Waals surface area (Å²) in [7, 11) is 0. The lowest BCUT2D eigenvalue weighted by Gasteiger charge is -2.06. The highest BCUT2D eigenvalue weighted by atomic mass is 14.9. The Morgan fingerprint density at radius 3 is 1.28 bits per heavy atom. The quantitative estimate of drug-likeness (QED) is 0.629. The van der Waals surface area contributed by atoms with Gasteiger partial charge in [-0.25, -0.2) is 0 Å². The number of nitrogens with zero attached hydrogens (tertiary/aromatic N) is 2. The summed E-state index contributed by atoms with van der Waals surface area (Å²) in [5.74, 6) is 1.10. The molecule has 0 aliphatic rings. The van der Waals surface area contributed by atoms with Crippen LogP contribution < -0.4 is 11.5 Å². The Kier molecular flexibility index (Phi) is 4.89. The van der Waals surface area contributed by atoms with Gasteiger partial charge in [0.1, 0.15) is 11.7 Å². The molecular formula is C14H22N4. The predicted octanol–water partition coefficient (Wildman–Crippen LogP) is 1.91. The zero-order chi connectivity index (χ0) is 13.7. The highest BCUT2D eigenvalue weighted by molar-refractivity contribution is 6.00. The fourth-order valence-electron chi connectivity index (χ4n) is 1.52. The van der Waals surface area contributed by atoms with Crippen molar-refractivity contribution in [1.82, 2.24) is 0 Å². The minimum atomic E-state index is 0.192. The topological polar surface area (TPSA) is 76.8 Å². The Bertz CT molecular complexity index is 398. The number of aliphatic imine (C=N–C) groups is 2. The maximum atomic E-state index is 5.89. The van der Waals surface area contributed by atoms with Crippen LogP contribution >= 0.6 is 0 Å². The summed E-state index contributed by atoms with van der Waals surface area (Å²) in [6.07, 6.45) is 0. The molecule has 0 saturated heterocycles. The summed E-state index contributed by atoms with van der Waals surface area (Å²) >= 11 is 0. The highest BCUT2D eigenvalue weighted by Crippen LogP contribution is 2.06. The molecule has 4 heteroatoms. The molecule has 0 saturated carbocycles. The summed E-state index contributed by atoms with van der Waals surface area (Å²) < 4.78 is 0. The van der Waals surface area contributed by atoms with E-state index in [1.54, 1.807) is 0 Å². The predicted molar refractivity (Wildman–Crippen MR) is 78.2 cm³/mol. The van der Waals surface area contributed by atoms with Crippen LogP contribution in [0.15, 0.2) is 34.3 Å². The van der Waals surface area contributed by atoms with E-state index in [1.807, 2.05) is 52.0 Å². The number of benzene rings is 1. The second kappa shape index (κ2) is 6.19. The molecule has 0 heterocycles. The minimum absolute atomic E-state index is 0.192. The van der Waals surface area contributed by atoms with Gasteiger partial charge in [0.2, 0.25) is 0 Å². The molecule has 18 heavy (non-hydrogen) atoms. The molecule has 98 valence electrons.